The molecule has 1 nitrogen and oxygen atoms in total. The van der Waals surface area contributed by atoms with Crippen molar-refractivity contribution >= 4 is 118 Å². The van der Waals surface area contributed by atoms with Crippen LogP contribution in [0.15, 0.2) is 170 Å². The van der Waals surface area contributed by atoms with E-state index in [9.17, 15) is 0 Å². The van der Waals surface area contributed by atoms with Crippen LogP contribution in [0.25, 0.3) is 11.1 Å². The maximum Gasteiger partial charge on any atom is 0.116 e. The smallest absolute Gasteiger partial charge is 0.116 e. The highest BCUT2D eigenvalue weighted by Gasteiger charge is 2.39. The van der Waals surface area contributed by atoms with Crippen LogP contribution in [0.4, 0.5) is 0 Å². The van der Waals surface area contributed by atoms with Crippen LogP contribution in [0, 0.1) is 0 Å². The van der Waals surface area contributed by atoms with Crippen molar-refractivity contribution in [1.82, 2.24) is 0 Å². The minimum atomic E-state index is -1.84. The van der Waals surface area contributed by atoms with E-state index < -0.39 is 11.6 Å². The second-order valence-electron chi connectivity index (χ2n) is 28.5. The molecule has 0 amide bonds. The summed E-state index contributed by atoms with van der Waals surface area (Å²) in [5, 5.41) is 0. The van der Waals surface area contributed by atoms with Gasteiger partial charge in [0.05, 0.1) is 9.49 Å². The van der Waals surface area contributed by atoms with E-state index >= 15 is 0 Å². The van der Waals surface area contributed by atoms with Gasteiger partial charge in [-0.25, -0.2) is 0 Å². The molecule has 0 heterocycles. The van der Waals surface area contributed by atoms with Crippen molar-refractivity contribution in [3.63, 3.8) is 0 Å². The largest absolute Gasteiger partial charge is 0.369 e. The van der Waals surface area contributed by atoms with Crippen molar-refractivity contribution in [2.45, 2.75) is 239 Å². The van der Waals surface area contributed by atoms with Gasteiger partial charge in [0.2, 0.25) is 0 Å². The predicted octanol–water partition coefficient (Wildman–Crippen LogP) is 29.7. The molecule has 0 atom stereocenters. The highest BCUT2D eigenvalue weighted by molar-refractivity contribution is 8.01. The van der Waals surface area contributed by atoms with Crippen LogP contribution < -0.4 is 0 Å². The molecule has 2 fully saturated rings. The summed E-state index contributed by atoms with van der Waals surface area (Å²) < 4.78 is 29.0. The second kappa shape index (κ2) is 52.7. The Hall–Kier alpha value is -1.22. The van der Waals surface area contributed by atoms with Gasteiger partial charge < -0.3 is 4.74 Å². The fourth-order valence-corrected chi connectivity index (χ4v) is 12.4. The summed E-state index contributed by atoms with van der Waals surface area (Å²) >= 11 is 18.6. The molecule has 11 heteroatoms. The number of hydrogen-bond donors (Lipinski definition) is 0. The molecule has 3 aliphatic rings. The van der Waals surface area contributed by atoms with Crippen LogP contribution in [0.5, 0.6) is 0 Å². The van der Waals surface area contributed by atoms with Gasteiger partial charge in [0.15, 0.2) is 0 Å². The molecule has 6 aromatic carbocycles. The Labute approximate surface area is 655 Å². The van der Waals surface area contributed by atoms with Crippen LogP contribution in [0.3, 0.4) is 0 Å². The first kappa shape index (κ1) is 92.9. The minimum absolute atomic E-state index is 0.0442. The third-order valence-electron chi connectivity index (χ3n) is 17.4. The standard InChI is InChI=1S/C15H14O.2C15H16S.2C8H16S.4C5H12S.2C3H8S/c1-15(16-2)13-9-5-3-7-11(13)12-8-4-6-10-14(12)15;2*1-15(16-2,13-9-5-3-6-10-13)14-11-7-4-8-12-14;2*1-8(9-2)6-4-3-5-7-8;4*1-5(2,3)6-4;2*1-3-4-2/h3-10H,1-2H3;2*3-12H,1-2H3;2*3-7H2,1-2H3;4*1-4H3;2*3H2,1-2H3/i;;;;;1D3;;;;;. The van der Waals surface area contributed by atoms with Crippen LogP contribution >= 0.6 is 118 Å². The second-order valence-corrected chi connectivity index (χ2v) is 42.4. The van der Waals surface area contributed by atoms with E-state index in [0.717, 1.165) is 0 Å². The zero-order valence-electron chi connectivity index (χ0n) is 70.1. The fraction of sp³-hybridized carbons (Fsp3) is 0.586. The van der Waals surface area contributed by atoms with Gasteiger partial charge in [0.1, 0.15) is 5.60 Å². The quantitative estimate of drug-likeness (QED) is 0.123. The van der Waals surface area contributed by atoms with Crippen molar-refractivity contribution in [2.75, 3.05) is 81.2 Å². The molecule has 0 N–H and O–H groups in total. The Bertz CT molecular complexity index is 2660. The summed E-state index contributed by atoms with van der Waals surface area (Å²) in [6.07, 6.45) is 35.7. The SMILES string of the molecule is CCSC.CCSC.COC1(C)c2ccccc2-c2ccccc21.CSC(C)(C)C.CSC(C)(C)C.CSC(C)(C)C.CSC(C)(c1ccccc1)c1ccccc1.CSC(C)(c1ccccc1)c1ccccc1.CSC1(C)CCCCC1.CSC1(C)CCCCC1.[2H]C([2H])([2H])C(C)(C)SC. The molecular weight excluding hydrogens is 1380 g/mol. The minimum Gasteiger partial charge on any atom is -0.369 e. The third kappa shape index (κ3) is 41.5. The number of benzene rings is 6. The number of thioether (sulfide) groups is 10. The molecule has 0 spiro atoms. The van der Waals surface area contributed by atoms with E-state index in [1.54, 1.807) is 21.0 Å². The Kier molecular flexibility index (Phi) is 49.9. The van der Waals surface area contributed by atoms with Crippen LogP contribution in [0.2, 0.25) is 0 Å². The fourth-order valence-electron chi connectivity index (χ4n) is 9.47. The number of rotatable bonds is 11. The third-order valence-corrected chi connectivity index (χ3v) is 28.6. The Balaban J connectivity index is 0. The zero-order valence-corrected chi connectivity index (χ0v) is 75.3. The molecule has 6 aromatic rings. The lowest BCUT2D eigenvalue weighted by Gasteiger charge is -2.31. The van der Waals surface area contributed by atoms with Crippen LogP contribution in [-0.4, -0.2) is 110 Å². The molecule has 2 saturated carbocycles. The van der Waals surface area contributed by atoms with Gasteiger partial charge in [-0.3, -0.25) is 0 Å². The first-order chi connectivity index (χ1) is 47.2. The van der Waals surface area contributed by atoms with Gasteiger partial charge in [0.25, 0.3) is 0 Å². The summed E-state index contributed by atoms with van der Waals surface area (Å²) in [4.78, 5) is 0. The molecule has 0 aromatic heterocycles. The van der Waals surface area contributed by atoms with Crippen LogP contribution in [-0.2, 0) is 19.8 Å². The van der Waals surface area contributed by atoms with Crippen LogP contribution in [0.1, 0.15) is 233 Å². The highest BCUT2D eigenvalue weighted by Crippen LogP contribution is 2.49. The Morgan fingerprint density at radius 1 is 0.337 bits per heavy atom. The summed E-state index contributed by atoms with van der Waals surface area (Å²) in [5.41, 5.74) is 10.2. The molecular formula is C87H142OS10. The molecule has 3 aliphatic carbocycles. The van der Waals surface area contributed by atoms with Gasteiger partial charge >= 0.3 is 0 Å². The first-order valence-corrected chi connectivity index (χ1v) is 47.6. The Morgan fingerprint density at radius 3 is 0.714 bits per heavy atom. The van der Waals surface area contributed by atoms with E-state index in [0.29, 0.717) is 23.7 Å². The number of fused-ring (bicyclic) bond motifs is 3. The van der Waals surface area contributed by atoms with E-state index in [-0.39, 0.29) is 15.1 Å². The monoisotopic (exact) mass is 1530 g/mol. The van der Waals surface area contributed by atoms with E-state index in [2.05, 4.69) is 337 Å². The molecule has 0 bridgehead atoms. The predicted molar refractivity (Wildman–Crippen MR) is 482 cm³/mol. The topological polar surface area (TPSA) is 9.23 Å². The van der Waals surface area contributed by atoms with Gasteiger partial charge in [-0.2, -0.15) is 94.1 Å². The Morgan fingerprint density at radius 2 is 0.561 bits per heavy atom. The first-order valence-electron chi connectivity index (χ1n) is 36.5. The van der Waals surface area contributed by atoms with E-state index in [1.165, 1.54) is 132 Å². The lowest BCUT2D eigenvalue weighted by Crippen LogP contribution is -2.22. The summed E-state index contributed by atoms with van der Waals surface area (Å²) in [7, 11) is 1.78. The van der Waals surface area contributed by atoms with Crippen molar-refractivity contribution in [1.29, 1.82) is 0 Å². The van der Waals surface area contributed by atoms with Crippen molar-refractivity contribution in [3.05, 3.63) is 203 Å². The van der Waals surface area contributed by atoms with Crippen molar-refractivity contribution < 1.29 is 8.85 Å². The average molecular weight is 1530 g/mol. The molecule has 556 valence electrons. The zero-order chi connectivity index (χ0) is 77.7. The average Bonchev–Trinajstić information content (AvgIpc) is 1.62. The number of hydrogen-bond acceptors (Lipinski definition) is 11. The molecule has 0 unspecified atom stereocenters. The lowest BCUT2D eigenvalue weighted by atomic mass is 9.90. The van der Waals surface area contributed by atoms with E-state index in [4.69, 9.17) is 8.85 Å². The molecule has 0 radical (unpaired) electrons. The van der Waals surface area contributed by atoms with Gasteiger partial charge in [-0.05, 0) is 165 Å². The summed E-state index contributed by atoms with van der Waals surface area (Å²) in [6, 6.07) is 59.6. The maximum atomic E-state index is 7.05. The van der Waals surface area contributed by atoms with Gasteiger partial charge in [0, 0.05) is 39.7 Å². The highest BCUT2D eigenvalue weighted by atomic mass is 32.2. The van der Waals surface area contributed by atoms with Crippen molar-refractivity contribution in [3.8, 4) is 11.1 Å². The number of methoxy groups -OCH3 is 1. The summed E-state index contributed by atoms with van der Waals surface area (Å²) in [6.45, 7) is 37.3. The number of ether oxygens (including phenoxy) is 1. The lowest BCUT2D eigenvalue weighted by molar-refractivity contribution is 0.0430. The normalized spacial score (nSPS) is 15.2. The van der Waals surface area contributed by atoms with E-state index in [1.807, 2.05) is 112 Å². The molecule has 9 rings (SSSR count). The van der Waals surface area contributed by atoms with Gasteiger partial charge in [-0.15, -0.1) is 23.5 Å². The van der Waals surface area contributed by atoms with Gasteiger partial charge in [-0.1, -0.05) is 319 Å². The molecule has 98 heavy (non-hydrogen) atoms. The molecule has 0 saturated heterocycles. The summed E-state index contributed by atoms with van der Waals surface area (Å²) in [5.74, 6) is 2.47. The van der Waals surface area contributed by atoms with Crippen molar-refractivity contribution in [2.24, 2.45) is 0 Å². The molecule has 0 aliphatic heterocycles. The maximum absolute atomic E-state index is 7.05.